The highest BCUT2D eigenvalue weighted by molar-refractivity contribution is 5.97. The van der Waals surface area contributed by atoms with Crippen LogP contribution in [0.1, 0.15) is 37.0 Å². The number of carbonyl (C=O) groups is 1. The van der Waals surface area contributed by atoms with Crippen LogP contribution in [0.4, 0.5) is 10.2 Å². The number of aliphatic hydroxyl groups excluding tert-OH is 1. The third-order valence-corrected chi connectivity index (χ3v) is 6.35. The van der Waals surface area contributed by atoms with Crippen LogP contribution < -0.4 is 15.0 Å². The third-order valence-electron chi connectivity index (χ3n) is 6.35. The first-order chi connectivity index (χ1) is 15.4. The fourth-order valence-corrected chi connectivity index (χ4v) is 4.61. The van der Waals surface area contributed by atoms with E-state index in [0.717, 1.165) is 39.0 Å². The Hall–Kier alpha value is -2.78. The van der Waals surface area contributed by atoms with Crippen LogP contribution in [0.2, 0.25) is 0 Å². The summed E-state index contributed by atoms with van der Waals surface area (Å²) >= 11 is 0. The minimum atomic E-state index is -0.534. The van der Waals surface area contributed by atoms with Crippen LogP contribution in [0.15, 0.2) is 30.7 Å². The highest BCUT2D eigenvalue weighted by atomic mass is 19.1. The normalized spacial score (nSPS) is 20.3. The van der Waals surface area contributed by atoms with Gasteiger partial charge in [0.2, 0.25) is 0 Å². The van der Waals surface area contributed by atoms with Gasteiger partial charge in [-0.05, 0) is 51.4 Å². The molecule has 2 N–H and O–H groups in total. The second-order valence-corrected chi connectivity index (χ2v) is 8.87. The summed E-state index contributed by atoms with van der Waals surface area (Å²) in [5, 5.41) is 12.8. The topological polar surface area (TPSA) is 90.8 Å². The summed E-state index contributed by atoms with van der Waals surface area (Å²) in [7, 11) is 0. The molecule has 172 valence electrons. The molecule has 0 bridgehead atoms. The minimum absolute atomic E-state index is 0.0971. The lowest BCUT2D eigenvalue weighted by atomic mass is 9.87. The SMILES string of the molecule is CC(C)N(CCO)C(=O)c1cc(F)ccc1Oc1cncnc1N1CCC2(CCNC2)C1. The zero-order valence-corrected chi connectivity index (χ0v) is 18.6. The molecule has 2 aromatic rings. The Kier molecular flexibility index (Phi) is 6.57. The monoisotopic (exact) mass is 443 g/mol. The van der Waals surface area contributed by atoms with Crippen molar-refractivity contribution in [3.05, 3.63) is 42.1 Å². The zero-order chi connectivity index (χ0) is 22.7. The van der Waals surface area contributed by atoms with Crippen LogP contribution >= 0.6 is 0 Å². The van der Waals surface area contributed by atoms with Gasteiger partial charge in [-0.3, -0.25) is 4.79 Å². The van der Waals surface area contributed by atoms with Crippen LogP contribution in [0, 0.1) is 11.2 Å². The number of ether oxygens (including phenoxy) is 1. The zero-order valence-electron chi connectivity index (χ0n) is 18.6. The number of aliphatic hydroxyl groups is 1. The summed E-state index contributed by atoms with van der Waals surface area (Å²) < 4.78 is 20.2. The van der Waals surface area contributed by atoms with E-state index in [0.29, 0.717) is 11.6 Å². The number of benzene rings is 1. The first-order valence-electron chi connectivity index (χ1n) is 11.1. The van der Waals surface area contributed by atoms with E-state index >= 15 is 0 Å². The molecule has 1 atom stereocenters. The molecule has 0 aliphatic carbocycles. The average Bonchev–Trinajstić information content (AvgIpc) is 3.42. The van der Waals surface area contributed by atoms with E-state index in [9.17, 15) is 14.3 Å². The van der Waals surface area contributed by atoms with E-state index in [-0.39, 0.29) is 35.9 Å². The molecular weight excluding hydrogens is 413 g/mol. The Morgan fingerprint density at radius 3 is 2.94 bits per heavy atom. The van der Waals surface area contributed by atoms with Gasteiger partial charge >= 0.3 is 0 Å². The van der Waals surface area contributed by atoms with Gasteiger partial charge in [0.05, 0.1) is 18.4 Å². The van der Waals surface area contributed by atoms with Crippen molar-refractivity contribution in [2.24, 2.45) is 5.41 Å². The largest absolute Gasteiger partial charge is 0.451 e. The maximum atomic E-state index is 14.1. The molecule has 2 fully saturated rings. The quantitative estimate of drug-likeness (QED) is 0.679. The lowest BCUT2D eigenvalue weighted by Gasteiger charge is -2.27. The molecule has 1 unspecified atom stereocenters. The van der Waals surface area contributed by atoms with Gasteiger partial charge in [-0.25, -0.2) is 14.4 Å². The smallest absolute Gasteiger partial charge is 0.258 e. The molecule has 3 heterocycles. The number of anilines is 1. The standard InChI is InChI=1S/C23H30FN5O3/c1-16(2)29(9-10-30)22(31)18-11-17(24)3-4-19(18)32-20-12-26-15-27-21(20)28-8-6-23(14-28)5-7-25-13-23/h3-4,11-12,15-16,25,30H,5-10,13-14H2,1-2H3. The Balaban J connectivity index is 1.62. The van der Waals surface area contributed by atoms with Gasteiger partial charge in [0.1, 0.15) is 17.9 Å². The number of rotatable bonds is 7. The Morgan fingerprint density at radius 2 is 2.22 bits per heavy atom. The summed E-state index contributed by atoms with van der Waals surface area (Å²) in [6.45, 7) is 7.42. The maximum Gasteiger partial charge on any atom is 0.258 e. The van der Waals surface area contributed by atoms with E-state index in [1.807, 2.05) is 13.8 Å². The lowest BCUT2D eigenvalue weighted by molar-refractivity contribution is 0.0662. The Labute approximate surface area is 187 Å². The number of nitrogens with one attached hydrogen (secondary N) is 1. The molecule has 0 saturated carbocycles. The van der Waals surface area contributed by atoms with Crippen LogP contribution in [0.3, 0.4) is 0 Å². The van der Waals surface area contributed by atoms with Gasteiger partial charge in [0.25, 0.3) is 5.91 Å². The van der Waals surface area contributed by atoms with E-state index in [2.05, 4.69) is 20.2 Å². The summed E-state index contributed by atoms with van der Waals surface area (Å²) in [6, 6.07) is 3.71. The van der Waals surface area contributed by atoms with Gasteiger partial charge in [-0.15, -0.1) is 0 Å². The summed E-state index contributed by atoms with van der Waals surface area (Å²) in [4.78, 5) is 25.4. The molecule has 1 aromatic carbocycles. The van der Waals surface area contributed by atoms with Crippen molar-refractivity contribution < 1.29 is 19.0 Å². The summed E-state index contributed by atoms with van der Waals surface area (Å²) in [5.41, 5.74) is 0.348. The van der Waals surface area contributed by atoms with E-state index in [1.165, 1.54) is 29.4 Å². The van der Waals surface area contributed by atoms with Gasteiger partial charge in [-0.1, -0.05) is 0 Å². The van der Waals surface area contributed by atoms with E-state index in [4.69, 9.17) is 4.74 Å². The first kappa shape index (κ1) is 22.4. The predicted molar refractivity (Wildman–Crippen MR) is 119 cm³/mol. The molecule has 4 rings (SSSR count). The summed E-state index contributed by atoms with van der Waals surface area (Å²) in [5.74, 6) is 0.386. The molecule has 1 spiro atoms. The number of aromatic nitrogens is 2. The number of hydrogen-bond donors (Lipinski definition) is 2. The summed E-state index contributed by atoms with van der Waals surface area (Å²) in [6.07, 6.45) is 5.27. The predicted octanol–water partition coefficient (Wildman–Crippen LogP) is 2.44. The van der Waals surface area contributed by atoms with Crippen molar-refractivity contribution in [2.45, 2.75) is 32.7 Å². The van der Waals surface area contributed by atoms with Crippen LogP contribution in [0.5, 0.6) is 11.5 Å². The molecule has 1 amide bonds. The van der Waals surface area contributed by atoms with E-state index in [1.54, 1.807) is 6.20 Å². The molecular formula is C23H30FN5O3. The molecule has 0 radical (unpaired) electrons. The van der Waals surface area contributed by atoms with Crippen molar-refractivity contribution in [3.63, 3.8) is 0 Å². The van der Waals surface area contributed by atoms with Crippen molar-refractivity contribution in [1.82, 2.24) is 20.2 Å². The molecule has 9 heteroatoms. The minimum Gasteiger partial charge on any atom is -0.451 e. The molecule has 1 aromatic heterocycles. The van der Waals surface area contributed by atoms with Crippen LogP contribution in [0.25, 0.3) is 0 Å². The van der Waals surface area contributed by atoms with Gasteiger partial charge in [0, 0.05) is 37.6 Å². The Bertz CT molecular complexity index is 964. The molecule has 2 saturated heterocycles. The van der Waals surface area contributed by atoms with E-state index < -0.39 is 11.7 Å². The number of nitrogens with zero attached hydrogens (tertiary/aromatic N) is 4. The number of halogens is 1. The fraction of sp³-hybridized carbons (Fsp3) is 0.522. The highest BCUT2D eigenvalue weighted by Crippen LogP contribution is 2.41. The maximum absolute atomic E-state index is 14.1. The second-order valence-electron chi connectivity index (χ2n) is 8.87. The second kappa shape index (κ2) is 9.38. The highest BCUT2D eigenvalue weighted by Gasteiger charge is 2.41. The number of amides is 1. The van der Waals surface area contributed by atoms with Crippen LogP contribution in [-0.2, 0) is 0 Å². The molecule has 8 nitrogen and oxygen atoms in total. The Morgan fingerprint density at radius 1 is 1.38 bits per heavy atom. The first-order valence-corrected chi connectivity index (χ1v) is 11.1. The fourth-order valence-electron chi connectivity index (χ4n) is 4.61. The lowest BCUT2D eigenvalue weighted by Crippen LogP contribution is -2.39. The van der Waals surface area contributed by atoms with Crippen molar-refractivity contribution >= 4 is 11.7 Å². The van der Waals surface area contributed by atoms with Crippen molar-refractivity contribution in [1.29, 1.82) is 0 Å². The van der Waals surface area contributed by atoms with Gasteiger partial charge in [-0.2, -0.15) is 0 Å². The van der Waals surface area contributed by atoms with Gasteiger partial charge in [0.15, 0.2) is 11.6 Å². The molecule has 2 aliphatic heterocycles. The number of hydrogen-bond acceptors (Lipinski definition) is 7. The molecule has 2 aliphatic rings. The van der Waals surface area contributed by atoms with Crippen molar-refractivity contribution in [2.75, 3.05) is 44.2 Å². The molecule has 32 heavy (non-hydrogen) atoms. The number of carbonyl (C=O) groups excluding carboxylic acids is 1. The van der Waals surface area contributed by atoms with Crippen molar-refractivity contribution in [3.8, 4) is 11.5 Å². The average molecular weight is 444 g/mol. The third kappa shape index (κ3) is 4.54. The van der Waals surface area contributed by atoms with Crippen LogP contribution in [-0.4, -0.2) is 71.3 Å². The van der Waals surface area contributed by atoms with Gasteiger partial charge < -0.3 is 25.0 Å².